The topological polar surface area (TPSA) is 64.4 Å². The Labute approximate surface area is 127 Å². The molecular formula is C17H16N2O3. The Morgan fingerprint density at radius 1 is 1.23 bits per heavy atom. The van der Waals surface area contributed by atoms with Gasteiger partial charge < -0.3 is 14.5 Å². The second-order valence-electron chi connectivity index (χ2n) is 4.92. The zero-order chi connectivity index (χ0) is 15.5. The Hall–Kier alpha value is -2.82. The Morgan fingerprint density at radius 2 is 2.00 bits per heavy atom. The molecule has 0 aliphatic carbocycles. The number of benzene rings is 1. The lowest BCUT2D eigenvalue weighted by Gasteiger charge is -2.10. The van der Waals surface area contributed by atoms with Crippen LogP contribution < -0.4 is 5.32 Å². The lowest BCUT2D eigenvalue weighted by molar-refractivity contribution is 0.0602. The molecule has 0 spiro atoms. The first-order valence-electron chi connectivity index (χ1n) is 6.94. The number of esters is 1. The quantitative estimate of drug-likeness (QED) is 0.746. The van der Waals surface area contributed by atoms with Crippen LogP contribution in [0.3, 0.4) is 0 Å². The SMILES string of the molecule is COC(=O)c1cnc(NCc2ccc(C)o2)c2ccccc12. The fraction of sp³-hybridized carbons (Fsp3) is 0.176. The van der Waals surface area contributed by atoms with Gasteiger partial charge in [0.1, 0.15) is 17.3 Å². The molecule has 22 heavy (non-hydrogen) atoms. The van der Waals surface area contributed by atoms with Crippen molar-refractivity contribution in [2.75, 3.05) is 12.4 Å². The van der Waals surface area contributed by atoms with Crippen LogP contribution in [0.1, 0.15) is 21.9 Å². The monoisotopic (exact) mass is 296 g/mol. The summed E-state index contributed by atoms with van der Waals surface area (Å²) in [4.78, 5) is 16.2. The molecule has 3 rings (SSSR count). The summed E-state index contributed by atoms with van der Waals surface area (Å²) < 4.78 is 10.3. The molecule has 5 nitrogen and oxygen atoms in total. The smallest absolute Gasteiger partial charge is 0.340 e. The number of rotatable bonds is 4. The molecule has 0 radical (unpaired) electrons. The maximum absolute atomic E-state index is 11.8. The molecule has 2 aromatic heterocycles. The van der Waals surface area contributed by atoms with E-state index in [1.54, 1.807) is 0 Å². The molecule has 1 N–H and O–H groups in total. The summed E-state index contributed by atoms with van der Waals surface area (Å²) in [5.41, 5.74) is 0.456. The number of ether oxygens (including phenoxy) is 1. The first-order valence-corrected chi connectivity index (χ1v) is 6.94. The predicted molar refractivity (Wildman–Crippen MR) is 83.9 cm³/mol. The van der Waals surface area contributed by atoms with Gasteiger partial charge in [-0.2, -0.15) is 0 Å². The molecule has 0 fully saturated rings. The molecule has 0 atom stereocenters. The van der Waals surface area contributed by atoms with Crippen molar-refractivity contribution in [3.63, 3.8) is 0 Å². The maximum Gasteiger partial charge on any atom is 0.340 e. The van der Waals surface area contributed by atoms with E-state index in [9.17, 15) is 4.79 Å². The van der Waals surface area contributed by atoms with Gasteiger partial charge in [0.25, 0.3) is 0 Å². The van der Waals surface area contributed by atoms with E-state index in [2.05, 4.69) is 10.3 Å². The Bertz CT molecular complexity index is 824. The molecule has 0 bridgehead atoms. The molecular weight excluding hydrogens is 280 g/mol. The van der Waals surface area contributed by atoms with Crippen molar-refractivity contribution in [1.29, 1.82) is 0 Å². The van der Waals surface area contributed by atoms with Crippen LogP contribution in [0.2, 0.25) is 0 Å². The standard InChI is InChI=1S/C17H16N2O3/c1-11-7-8-12(22-11)9-18-16-14-6-4-3-5-13(14)15(10-19-16)17(20)21-2/h3-8,10H,9H2,1-2H3,(H,18,19). The number of furan rings is 1. The molecule has 3 aromatic rings. The summed E-state index contributed by atoms with van der Waals surface area (Å²) >= 11 is 0. The zero-order valence-corrected chi connectivity index (χ0v) is 12.4. The van der Waals surface area contributed by atoms with Gasteiger partial charge in [0.2, 0.25) is 0 Å². The molecule has 0 saturated heterocycles. The van der Waals surface area contributed by atoms with Crippen molar-refractivity contribution in [2.24, 2.45) is 0 Å². The van der Waals surface area contributed by atoms with Crippen LogP contribution in [0.15, 0.2) is 47.0 Å². The number of carbonyl (C=O) groups excluding carboxylic acids is 1. The van der Waals surface area contributed by atoms with E-state index in [0.29, 0.717) is 17.9 Å². The van der Waals surface area contributed by atoms with Gasteiger partial charge in [-0.1, -0.05) is 24.3 Å². The fourth-order valence-electron chi connectivity index (χ4n) is 2.36. The summed E-state index contributed by atoms with van der Waals surface area (Å²) in [6.45, 7) is 2.44. The second-order valence-corrected chi connectivity index (χ2v) is 4.92. The van der Waals surface area contributed by atoms with Gasteiger partial charge in [0.05, 0.1) is 19.2 Å². The van der Waals surface area contributed by atoms with Crippen molar-refractivity contribution < 1.29 is 13.9 Å². The highest BCUT2D eigenvalue weighted by Crippen LogP contribution is 2.25. The summed E-state index contributed by atoms with van der Waals surface area (Å²) in [5.74, 6) is 2.02. The highest BCUT2D eigenvalue weighted by Gasteiger charge is 2.13. The molecule has 0 aliphatic rings. The number of anilines is 1. The summed E-state index contributed by atoms with van der Waals surface area (Å²) in [6.07, 6.45) is 1.53. The number of hydrogen-bond acceptors (Lipinski definition) is 5. The minimum atomic E-state index is -0.392. The molecule has 0 aliphatic heterocycles. The highest BCUT2D eigenvalue weighted by molar-refractivity contribution is 6.07. The van der Waals surface area contributed by atoms with Gasteiger partial charge in [-0.3, -0.25) is 0 Å². The fourth-order valence-corrected chi connectivity index (χ4v) is 2.36. The maximum atomic E-state index is 11.8. The predicted octanol–water partition coefficient (Wildman–Crippen LogP) is 3.53. The van der Waals surface area contributed by atoms with Gasteiger partial charge in [0.15, 0.2) is 0 Å². The Balaban J connectivity index is 1.95. The van der Waals surface area contributed by atoms with Gasteiger partial charge in [-0.15, -0.1) is 0 Å². The number of nitrogens with zero attached hydrogens (tertiary/aromatic N) is 1. The number of pyridine rings is 1. The largest absolute Gasteiger partial charge is 0.465 e. The number of methoxy groups -OCH3 is 1. The third-order valence-electron chi connectivity index (χ3n) is 3.43. The third kappa shape index (κ3) is 2.65. The first kappa shape index (κ1) is 14.1. The van der Waals surface area contributed by atoms with Crippen molar-refractivity contribution in [3.05, 3.63) is 59.7 Å². The summed E-state index contributed by atoms with van der Waals surface area (Å²) in [5, 5.41) is 4.92. The number of carbonyl (C=O) groups is 1. The van der Waals surface area contributed by atoms with Crippen molar-refractivity contribution in [3.8, 4) is 0 Å². The van der Waals surface area contributed by atoms with E-state index < -0.39 is 5.97 Å². The number of hydrogen-bond donors (Lipinski definition) is 1. The van der Waals surface area contributed by atoms with Gasteiger partial charge in [-0.05, 0) is 19.1 Å². The highest BCUT2D eigenvalue weighted by atomic mass is 16.5. The second kappa shape index (κ2) is 5.89. The number of nitrogens with one attached hydrogen (secondary N) is 1. The molecule has 0 saturated carbocycles. The lowest BCUT2D eigenvalue weighted by atomic mass is 10.1. The molecule has 0 unspecified atom stereocenters. The third-order valence-corrected chi connectivity index (χ3v) is 3.43. The number of aromatic nitrogens is 1. The molecule has 2 heterocycles. The molecule has 5 heteroatoms. The molecule has 112 valence electrons. The normalized spacial score (nSPS) is 10.6. The number of aryl methyl sites for hydroxylation is 1. The summed E-state index contributed by atoms with van der Waals surface area (Å²) in [7, 11) is 1.36. The zero-order valence-electron chi connectivity index (χ0n) is 12.4. The van der Waals surface area contributed by atoms with E-state index in [1.807, 2.05) is 43.3 Å². The van der Waals surface area contributed by atoms with Crippen molar-refractivity contribution in [2.45, 2.75) is 13.5 Å². The van der Waals surface area contributed by atoms with E-state index in [4.69, 9.17) is 9.15 Å². The first-order chi connectivity index (χ1) is 10.7. The minimum Gasteiger partial charge on any atom is -0.465 e. The number of fused-ring (bicyclic) bond motifs is 1. The van der Waals surface area contributed by atoms with E-state index >= 15 is 0 Å². The van der Waals surface area contributed by atoms with Gasteiger partial charge in [0, 0.05) is 17.0 Å². The van der Waals surface area contributed by atoms with Crippen LogP contribution in [-0.4, -0.2) is 18.1 Å². The van der Waals surface area contributed by atoms with Crippen LogP contribution in [0.5, 0.6) is 0 Å². The van der Waals surface area contributed by atoms with E-state index in [1.165, 1.54) is 13.3 Å². The van der Waals surface area contributed by atoms with Crippen LogP contribution in [0.4, 0.5) is 5.82 Å². The van der Waals surface area contributed by atoms with Gasteiger partial charge in [-0.25, -0.2) is 9.78 Å². The van der Waals surface area contributed by atoms with Crippen molar-refractivity contribution >= 4 is 22.6 Å². The van der Waals surface area contributed by atoms with E-state index in [-0.39, 0.29) is 0 Å². The molecule has 0 amide bonds. The van der Waals surface area contributed by atoms with Crippen molar-refractivity contribution in [1.82, 2.24) is 4.98 Å². The van der Waals surface area contributed by atoms with Crippen LogP contribution >= 0.6 is 0 Å². The van der Waals surface area contributed by atoms with Crippen LogP contribution in [0.25, 0.3) is 10.8 Å². The Morgan fingerprint density at radius 3 is 2.68 bits per heavy atom. The summed E-state index contributed by atoms with van der Waals surface area (Å²) in [6, 6.07) is 11.4. The Kier molecular flexibility index (Phi) is 3.78. The van der Waals surface area contributed by atoms with Crippen LogP contribution in [0, 0.1) is 6.92 Å². The average Bonchev–Trinajstić information content (AvgIpc) is 2.97. The van der Waals surface area contributed by atoms with Crippen LogP contribution in [-0.2, 0) is 11.3 Å². The molecule has 1 aromatic carbocycles. The van der Waals surface area contributed by atoms with Gasteiger partial charge >= 0.3 is 5.97 Å². The minimum absolute atomic E-state index is 0.392. The lowest BCUT2D eigenvalue weighted by Crippen LogP contribution is -2.06. The average molecular weight is 296 g/mol. The van der Waals surface area contributed by atoms with E-state index in [0.717, 1.165) is 22.3 Å².